The summed E-state index contributed by atoms with van der Waals surface area (Å²) in [6.45, 7) is 0.382. The smallest absolute Gasteiger partial charge is 0.269 e. The summed E-state index contributed by atoms with van der Waals surface area (Å²) in [7, 11) is 0. The molecule has 0 saturated carbocycles. The fourth-order valence-electron chi connectivity index (χ4n) is 3.30. The molecule has 0 unspecified atom stereocenters. The Labute approximate surface area is 183 Å². The molecule has 0 bridgehead atoms. The highest BCUT2D eigenvalue weighted by Crippen LogP contribution is 2.22. The fourth-order valence-corrected chi connectivity index (χ4v) is 3.30. The molecule has 0 spiro atoms. The number of nitrogens with two attached hydrogens (primary N) is 1. The first-order valence-corrected chi connectivity index (χ1v) is 9.99. The summed E-state index contributed by atoms with van der Waals surface area (Å²) < 4.78 is 14.6. The lowest BCUT2D eigenvalue weighted by atomic mass is 10.1. The van der Waals surface area contributed by atoms with Crippen LogP contribution in [0.3, 0.4) is 0 Å². The van der Waals surface area contributed by atoms with Gasteiger partial charge in [0.15, 0.2) is 0 Å². The zero-order chi connectivity index (χ0) is 22.5. The van der Waals surface area contributed by atoms with Gasteiger partial charge >= 0.3 is 0 Å². The van der Waals surface area contributed by atoms with Gasteiger partial charge in [0.05, 0.1) is 17.1 Å². The second kappa shape index (κ2) is 9.14. The summed E-state index contributed by atoms with van der Waals surface area (Å²) in [6, 6.07) is 19.0. The maximum atomic E-state index is 13.2. The van der Waals surface area contributed by atoms with Gasteiger partial charge in [-0.25, -0.2) is 9.07 Å². The van der Waals surface area contributed by atoms with Gasteiger partial charge in [-0.2, -0.15) is 15.5 Å². The number of carbonyl (C=O) groups is 1. The zero-order valence-corrected chi connectivity index (χ0v) is 17.0. The second-order valence-corrected chi connectivity index (χ2v) is 7.10. The second-order valence-electron chi connectivity index (χ2n) is 7.10. The van der Waals surface area contributed by atoms with E-state index >= 15 is 0 Å². The summed E-state index contributed by atoms with van der Waals surface area (Å²) >= 11 is 0. The van der Waals surface area contributed by atoms with Gasteiger partial charge in [-0.15, -0.1) is 0 Å². The predicted molar refractivity (Wildman–Crippen MR) is 117 cm³/mol. The molecule has 9 heteroatoms. The van der Waals surface area contributed by atoms with Crippen molar-refractivity contribution in [1.29, 1.82) is 5.26 Å². The highest BCUT2D eigenvalue weighted by Gasteiger charge is 2.17. The average Bonchev–Trinajstić information content (AvgIpc) is 3.43. The summed E-state index contributed by atoms with van der Waals surface area (Å²) in [5.41, 5.74) is 9.41. The van der Waals surface area contributed by atoms with E-state index in [-0.39, 0.29) is 23.1 Å². The number of H-pyrrole nitrogens is 1. The Morgan fingerprint density at radius 1 is 1.19 bits per heavy atom. The quantitative estimate of drug-likeness (QED) is 0.389. The number of nitrogen functional groups attached to an aromatic ring is 1. The van der Waals surface area contributed by atoms with Gasteiger partial charge in [0.2, 0.25) is 0 Å². The topological polar surface area (TPSA) is 125 Å². The van der Waals surface area contributed by atoms with Crippen LogP contribution in [0.4, 0.5) is 10.2 Å². The van der Waals surface area contributed by atoms with Crippen molar-refractivity contribution in [3.05, 3.63) is 83.4 Å². The van der Waals surface area contributed by atoms with Crippen LogP contribution in [0.1, 0.15) is 28.2 Å². The van der Waals surface area contributed by atoms with Crippen LogP contribution in [0.2, 0.25) is 0 Å². The number of nitrogens with zero attached hydrogens (tertiary/aromatic N) is 4. The largest absolute Gasteiger partial charge is 0.382 e. The maximum absolute atomic E-state index is 13.2. The van der Waals surface area contributed by atoms with Crippen molar-refractivity contribution in [2.45, 2.75) is 12.8 Å². The van der Waals surface area contributed by atoms with Crippen molar-refractivity contribution >= 4 is 11.7 Å². The monoisotopic (exact) mass is 429 g/mol. The Morgan fingerprint density at radius 2 is 1.94 bits per heavy atom. The fraction of sp³-hybridized carbons (Fsp3) is 0.130. The summed E-state index contributed by atoms with van der Waals surface area (Å²) in [6.07, 6.45) is 1.000. The number of amides is 1. The Balaban J connectivity index is 1.36. The van der Waals surface area contributed by atoms with Crippen LogP contribution in [0.5, 0.6) is 0 Å². The predicted octanol–water partition coefficient (Wildman–Crippen LogP) is 3.22. The van der Waals surface area contributed by atoms with Crippen LogP contribution in [-0.2, 0) is 6.42 Å². The highest BCUT2D eigenvalue weighted by molar-refractivity contribution is 5.93. The molecule has 2 heterocycles. The van der Waals surface area contributed by atoms with Crippen LogP contribution in [0.25, 0.3) is 16.9 Å². The van der Waals surface area contributed by atoms with Gasteiger partial charge in [-0.3, -0.25) is 9.89 Å². The number of hydrogen-bond donors (Lipinski definition) is 3. The first kappa shape index (κ1) is 20.8. The van der Waals surface area contributed by atoms with E-state index < -0.39 is 0 Å². The first-order valence-electron chi connectivity index (χ1n) is 9.99. The van der Waals surface area contributed by atoms with Crippen LogP contribution < -0.4 is 11.1 Å². The van der Waals surface area contributed by atoms with Gasteiger partial charge in [0.25, 0.3) is 5.91 Å². The van der Waals surface area contributed by atoms with Crippen LogP contribution >= 0.6 is 0 Å². The number of carbonyl (C=O) groups excluding carboxylic acids is 1. The zero-order valence-electron chi connectivity index (χ0n) is 17.0. The third-order valence-electron chi connectivity index (χ3n) is 4.94. The van der Waals surface area contributed by atoms with Gasteiger partial charge in [0.1, 0.15) is 29.0 Å². The standard InChI is InChI=1S/C23H20FN7O/c24-16-8-10-17(11-9-16)31-22(26)18(14-25)19(30-31)7-4-12-27-23(32)21-13-20(28-29-21)15-5-2-1-3-6-15/h1-3,5-6,8-11,13H,4,7,12,26H2,(H,27,32)(H,28,29). The van der Waals surface area contributed by atoms with E-state index in [1.807, 2.05) is 30.3 Å². The molecule has 0 saturated heterocycles. The Morgan fingerprint density at radius 3 is 2.66 bits per heavy atom. The summed E-state index contributed by atoms with van der Waals surface area (Å²) in [4.78, 5) is 12.4. The Hall–Kier alpha value is -4.45. The van der Waals surface area contributed by atoms with E-state index in [9.17, 15) is 14.4 Å². The van der Waals surface area contributed by atoms with Gasteiger partial charge in [-0.05, 0) is 43.2 Å². The van der Waals surface area contributed by atoms with Crippen molar-refractivity contribution in [2.24, 2.45) is 0 Å². The number of hydrogen-bond acceptors (Lipinski definition) is 5. The molecule has 0 aliphatic carbocycles. The number of aromatic amines is 1. The van der Waals surface area contributed by atoms with E-state index in [2.05, 4.69) is 26.7 Å². The van der Waals surface area contributed by atoms with E-state index in [1.54, 1.807) is 6.07 Å². The van der Waals surface area contributed by atoms with Gasteiger partial charge in [-0.1, -0.05) is 30.3 Å². The first-order chi connectivity index (χ1) is 15.6. The number of rotatable bonds is 7. The molecule has 4 aromatic rings. The molecule has 0 atom stereocenters. The van der Waals surface area contributed by atoms with Crippen LogP contribution in [0, 0.1) is 17.1 Å². The lowest BCUT2D eigenvalue weighted by molar-refractivity contribution is 0.0948. The minimum Gasteiger partial charge on any atom is -0.382 e. The number of anilines is 1. The van der Waals surface area contributed by atoms with Gasteiger partial charge in [0, 0.05) is 12.1 Å². The third-order valence-corrected chi connectivity index (χ3v) is 4.94. The number of halogens is 1. The molecule has 32 heavy (non-hydrogen) atoms. The van der Waals surface area contributed by atoms with Crippen molar-refractivity contribution in [3.63, 3.8) is 0 Å². The lowest BCUT2D eigenvalue weighted by Gasteiger charge is -2.03. The molecule has 1 amide bonds. The molecule has 0 radical (unpaired) electrons. The van der Waals surface area contributed by atoms with Crippen LogP contribution in [0.15, 0.2) is 60.7 Å². The van der Waals surface area contributed by atoms with Crippen molar-refractivity contribution in [2.75, 3.05) is 12.3 Å². The maximum Gasteiger partial charge on any atom is 0.269 e. The molecule has 0 aliphatic heterocycles. The average molecular weight is 429 g/mol. The molecule has 160 valence electrons. The van der Waals surface area contributed by atoms with Crippen molar-refractivity contribution in [1.82, 2.24) is 25.3 Å². The Kier molecular flexibility index (Phi) is 5.94. The molecule has 2 aromatic heterocycles. The van der Waals surface area contributed by atoms with Crippen LogP contribution in [-0.4, -0.2) is 32.4 Å². The SMILES string of the molecule is N#Cc1c(CCCNC(=O)c2cc(-c3ccccc3)n[nH]2)nn(-c2ccc(F)cc2)c1N. The van der Waals surface area contributed by atoms with Gasteiger partial charge < -0.3 is 11.1 Å². The number of nitriles is 1. The van der Waals surface area contributed by atoms with E-state index in [0.29, 0.717) is 42.2 Å². The van der Waals surface area contributed by atoms with E-state index in [1.165, 1.54) is 28.9 Å². The number of benzene rings is 2. The van der Waals surface area contributed by atoms with Crippen molar-refractivity contribution < 1.29 is 9.18 Å². The molecule has 4 N–H and O–H groups in total. The highest BCUT2D eigenvalue weighted by atomic mass is 19.1. The third kappa shape index (κ3) is 4.34. The minimum absolute atomic E-state index is 0.198. The van der Waals surface area contributed by atoms with E-state index in [0.717, 1.165) is 5.56 Å². The lowest BCUT2D eigenvalue weighted by Crippen LogP contribution is -2.25. The number of nitrogens with one attached hydrogen (secondary N) is 2. The normalized spacial score (nSPS) is 10.6. The molecular formula is C23H20FN7O. The molecule has 0 aliphatic rings. The molecule has 2 aromatic carbocycles. The molecule has 4 rings (SSSR count). The number of aromatic nitrogens is 4. The van der Waals surface area contributed by atoms with E-state index in [4.69, 9.17) is 5.73 Å². The molecular weight excluding hydrogens is 409 g/mol. The number of aryl methyl sites for hydroxylation is 1. The molecule has 8 nitrogen and oxygen atoms in total. The summed E-state index contributed by atoms with van der Waals surface area (Å²) in [5.74, 6) is -0.440. The summed E-state index contributed by atoms with van der Waals surface area (Å²) in [5, 5.41) is 23.6. The van der Waals surface area contributed by atoms with Crippen molar-refractivity contribution in [3.8, 4) is 23.0 Å². The minimum atomic E-state index is -0.371. The Bertz CT molecular complexity index is 1270. The molecule has 0 fully saturated rings.